The molecule has 1 aromatic heterocycles. The molecule has 1 atom stereocenters. The average Bonchev–Trinajstić information content (AvgIpc) is 2.73. The number of hydrogen-bond acceptors (Lipinski definition) is 5. The van der Waals surface area contributed by atoms with Crippen molar-refractivity contribution in [3.05, 3.63) is 14.2 Å². The number of halogens is 1. The van der Waals surface area contributed by atoms with Crippen molar-refractivity contribution in [2.45, 2.75) is 19.4 Å². The first-order valence-corrected chi connectivity index (χ1v) is 8.00. The Morgan fingerprint density at radius 3 is 2.90 bits per heavy atom. The van der Waals surface area contributed by atoms with Gasteiger partial charge in [0.05, 0.1) is 30.7 Å². The van der Waals surface area contributed by atoms with Crippen LogP contribution in [0.1, 0.15) is 21.0 Å². The Morgan fingerprint density at radius 2 is 2.29 bits per heavy atom. The number of aliphatic carboxylic acids is 1. The molecule has 2 rings (SSSR count). The SMILES string of the molecule is COc1c(C(=O)N2CCO[C@H](CC(=O)O)C2)sc(C)c1Br. The molecule has 2 heterocycles. The van der Waals surface area contributed by atoms with Crippen molar-refractivity contribution in [2.24, 2.45) is 0 Å². The normalized spacial score (nSPS) is 18.6. The average molecular weight is 378 g/mol. The van der Waals surface area contributed by atoms with Crippen molar-refractivity contribution in [1.29, 1.82) is 0 Å². The van der Waals surface area contributed by atoms with E-state index >= 15 is 0 Å². The fourth-order valence-electron chi connectivity index (χ4n) is 2.19. The number of carboxylic acids is 1. The molecule has 1 aromatic rings. The fourth-order valence-corrected chi connectivity index (χ4v) is 3.91. The molecule has 1 N–H and O–H groups in total. The van der Waals surface area contributed by atoms with Gasteiger partial charge in [0.1, 0.15) is 4.88 Å². The van der Waals surface area contributed by atoms with Gasteiger partial charge >= 0.3 is 5.97 Å². The quantitative estimate of drug-likeness (QED) is 0.869. The summed E-state index contributed by atoms with van der Waals surface area (Å²) >= 11 is 4.77. The fraction of sp³-hybridized carbons (Fsp3) is 0.538. The van der Waals surface area contributed by atoms with Gasteiger partial charge in [0, 0.05) is 18.0 Å². The van der Waals surface area contributed by atoms with Crippen LogP contribution in [0.25, 0.3) is 0 Å². The van der Waals surface area contributed by atoms with E-state index in [0.29, 0.717) is 23.8 Å². The van der Waals surface area contributed by atoms with Gasteiger partial charge in [0.25, 0.3) is 5.91 Å². The van der Waals surface area contributed by atoms with Crippen LogP contribution in [0.5, 0.6) is 5.75 Å². The first kappa shape index (κ1) is 16.3. The molecule has 1 saturated heterocycles. The molecule has 6 nitrogen and oxygen atoms in total. The number of aryl methyl sites for hydroxylation is 1. The number of carbonyl (C=O) groups excluding carboxylic acids is 1. The van der Waals surface area contributed by atoms with E-state index in [-0.39, 0.29) is 18.9 Å². The highest BCUT2D eigenvalue weighted by atomic mass is 79.9. The Kier molecular flexibility index (Phi) is 5.23. The second-order valence-electron chi connectivity index (χ2n) is 4.68. The molecule has 8 heteroatoms. The van der Waals surface area contributed by atoms with Gasteiger partial charge in [-0.2, -0.15) is 0 Å². The lowest BCUT2D eigenvalue weighted by atomic mass is 10.2. The van der Waals surface area contributed by atoms with Crippen molar-refractivity contribution in [1.82, 2.24) is 4.90 Å². The Labute approximate surface area is 134 Å². The standard InChI is InChI=1S/C13H16BrNO5S/c1-7-10(14)11(19-2)12(21-7)13(18)15-3-4-20-8(6-15)5-9(16)17/h8H,3-6H2,1-2H3,(H,16,17)/t8-/m1/s1. The van der Waals surface area contributed by atoms with Crippen LogP contribution >= 0.6 is 27.3 Å². The van der Waals surface area contributed by atoms with Crippen LogP contribution < -0.4 is 4.74 Å². The van der Waals surface area contributed by atoms with E-state index in [1.807, 2.05) is 6.92 Å². The van der Waals surface area contributed by atoms with Crippen LogP contribution in [0.15, 0.2) is 4.47 Å². The van der Waals surface area contributed by atoms with Crippen molar-refractivity contribution < 1.29 is 24.2 Å². The number of thiophene rings is 1. The molecule has 1 aliphatic rings. The number of nitrogens with zero attached hydrogens (tertiary/aromatic N) is 1. The second-order valence-corrected chi connectivity index (χ2v) is 6.69. The third kappa shape index (κ3) is 3.56. The van der Waals surface area contributed by atoms with E-state index in [2.05, 4.69) is 15.9 Å². The van der Waals surface area contributed by atoms with E-state index in [1.54, 1.807) is 4.90 Å². The highest BCUT2D eigenvalue weighted by molar-refractivity contribution is 9.10. The van der Waals surface area contributed by atoms with Gasteiger partial charge in [0.15, 0.2) is 5.75 Å². The maximum Gasteiger partial charge on any atom is 0.306 e. The zero-order valence-electron chi connectivity index (χ0n) is 11.7. The lowest BCUT2D eigenvalue weighted by molar-refractivity contribution is -0.141. The van der Waals surface area contributed by atoms with Crippen molar-refractivity contribution in [3.8, 4) is 5.75 Å². The second kappa shape index (κ2) is 6.76. The van der Waals surface area contributed by atoms with E-state index in [4.69, 9.17) is 14.6 Å². The molecule has 0 bridgehead atoms. The summed E-state index contributed by atoms with van der Waals surface area (Å²) in [4.78, 5) is 26.5. The minimum atomic E-state index is -0.929. The van der Waals surface area contributed by atoms with E-state index in [9.17, 15) is 9.59 Å². The van der Waals surface area contributed by atoms with Crippen LogP contribution in [-0.2, 0) is 9.53 Å². The topological polar surface area (TPSA) is 76.1 Å². The number of carbonyl (C=O) groups is 2. The molecule has 1 fully saturated rings. The zero-order chi connectivity index (χ0) is 15.6. The predicted molar refractivity (Wildman–Crippen MR) is 81.2 cm³/mol. The van der Waals surface area contributed by atoms with Crippen LogP contribution in [0.4, 0.5) is 0 Å². The molecule has 0 aromatic carbocycles. The van der Waals surface area contributed by atoms with Crippen LogP contribution in [0.2, 0.25) is 0 Å². The number of amides is 1. The highest BCUT2D eigenvalue weighted by Crippen LogP contribution is 2.39. The number of hydrogen-bond donors (Lipinski definition) is 1. The summed E-state index contributed by atoms with van der Waals surface area (Å²) in [6.07, 6.45) is -0.565. The van der Waals surface area contributed by atoms with Crippen molar-refractivity contribution in [3.63, 3.8) is 0 Å². The summed E-state index contributed by atoms with van der Waals surface area (Å²) in [7, 11) is 1.52. The molecular weight excluding hydrogens is 362 g/mol. The van der Waals surface area contributed by atoms with Gasteiger partial charge in [-0.05, 0) is 22.9 Å². The van der Waals surface area contributed by atoms with E-state index in [1.165, 1.54) is 18.4 Å². The number of ether oxygens (including phenoxy) is 2. The maximum atomic E-state index is 12.6. The van der Waals surface area contributed by atoms with Gasteiger partial charge in [-0.15, -0.1) is 11.3 Å². The first-order chi connectivity index (χ1) is 9.93. The van der Waals surface area contributed by atoms with Gasteiger partial charge in [0.2, 0.25) is 0 Å². The number of morpholine rings is 1. The molecule has 116 valence electrons. The summed E-state index contributed by atoms with van der Waals surface area (Å²) in [5.41, 5.74) is 0. The van der Waals surface area contributed by atoms with E-state index in [0.717, 1.165) is 9.35 Å². The number of methoxy groups -OCH3 is 1. The summed E-state index contributed by atoms with van der Waals surface area (Å²) in [5, 5.41) is 8.82. The Hall–Kier alpha value is -1.12. The van der Waals surface area contributed by atoms with E-state index < -0.39 is 12.1 Å². The minimum absolute atomic E-state index is 0.103. The maximum absolute atomic E-state index is 12.6. The molecular formula is C13H16BrNO5S. The zero-order valence-corrected chi connectivity index (χ0v) is 14.1. The lowest BCUT2D eigenvalue weighted by Crippen LogP contribution is -2.46. The molecule has 0 saturated carbocycles. The van der Waals surface area contributed by atoms with Crippen molar-refractivity contribution >= 4 is 39.1 Å². The van der Waals surface area contributed by atoms with Crippen LogP contribution in [-0.4, -0.2) is 54.8 Å². The lowest BCUT2D eigenvalue weighted by Gasteiger charge is -2.32. The van der Waals surface area contributed by atoms with Gasteiger partial charge in [-0.3, -0.25) is 9.59 Å². The third-order valence-electron chi connectivity index (χ3n) is 3.20. The summed E-state index contributed by atoms with van der Waals surface area (Å²) in [5.74, 6) is -0.547. The number of rotatable bonds is 4. The Morgan fingerprint density at radius 1 is 1.57 bits per heavy atom. The predicted octanol–water partition coefficient (Wildman–Crippen LogP) is 2.14. The van der Waals surface area contributed by atoms with Crippen LogP contribution in [0.3, 0.4) is 0 Å². The molecule has 1 amide bonds. The summed E-state index contributed by atoms with van der Waals surface area (Å²) in [6, 6.07) is 0. The monoisotopic (exact) mass is 377 g/mol. The summed E-state index contributed by atoms with van der Waals surface area (Å²) < 4.78 is 11.5. The Bertz CT molecular complexity index is 559. The third-order valence-corrected chi connectivity index (χ3v) is 5.49. The highest BCUT2D eigenvalue weighted by Gasteiger charge is 2.30. The molecule has 0 aliphatic carbocycles. The summed E-state index contributed by atoms with van der Waals surface area (Å²) in [6.45, 7) is 2.98. The first-order valence-electron chi connectivity index (χ1n) is 6.39. The van der Waals surface area contributed by atoms with Gasteiger partial charge < -0.3 is 19.5 Å². The van der Waals surface area contributed by atoms with Gasteiger partial charge in [-0.25, -0.2) is 0 Å². The van der Waals surface area contributed by atoms with Crippen molar-refractivity contribution in [2.75, 3.05) is 26.8 Å². The molecule has 1 aliphatic heterocycles. The minimum Gasteiger partial charge on any atom is -0.494 e. The molecule has 0 spiro atoms. The molecule has 21 heavy (non-hydrogen) atoms. The van der Waals surface area contributed by atoms with Gasteiger partial charge in [-0.1, -0.05) is 0 Å². The van der Waals surface area contributed by atoms with Crippen LogP contribution in [0, 0.1) is 6.92 Å². The Balaban J connectivity index is 2.16. The largest absolute Gasteiger partial charge is 0.494 e. The number of carboxylic acid groups (broad SMARTS) is 1. The molecule has 0 unspecified atom stereocenters. The smallest absolute Gasteiger partial charge is 0.306 e. The molecule has 0 radical (unpaired) electrons.